The SMILES string of the molecule is Cc1cccc2c(I)nn(-c3ccc(N4C[C@H]5C[C@@H]4CN5C(=O)O)nc3)c12. The summed E-state index contributed by atoms with van der Waals surface area (Å²) >= 11 is 2.27. The second-order valence-electron chi connectivity index (χ2n) is 7.18. The molecule has 8 heteroatoms. The summed E-state index contributed by atoms with van der Waals surface area (Å²) in [7, 11) is 0. The van der Waals surface area contributed by atoms with Crippen molar-refractivity contribution >= 4 is 45.4 Å². The highest BCUT2D eigenvalue weighted by atomic mass is 127. The number of hydrogen-bond donors (Lipinski definition) is 1. The van der Waals surface area contributed by atoms with E-state index in [1.165, 1.54) is 5.56 Å². The first-order valence-corrected chi connectivity index (χ1v) is 9.97. The van der Waals surface area contributed by atoms with E-state index < -0.39 is 6.09 Å². The maximum absolute atomic E-state index is 11.3. The number of piperazine rings is 1. The Morgan fingerprint density at radius 2 is 2.07 bits per heavy atom. The fourth-order valence-electron chi connectivity index (χ4n) is 4.34. The average molecular weight is 475 g/mol. The monoisotopic (exact) mass is 475 g/mol. The first-order valence-electron chi connectivity index (χ1n) is 8.89. The number of aromatic nitrogens is 3. The number of amides is 1. The highest BCUT2D eigenvalue weighted by molar-refractivity contribution is 14.1. The van der Waals surface area contributed by atoms with E-state index in [9.17, 15) is 9.90 Å². The number of nitrogens with zero attached hydrogens (tertiary/aromatic N) is 5. The number of carboxylic acid groups (broad SMARTS) is 1. The molecule has 7 nitrogen and oxygen atoms in total. The Morgan fingerprint density at radius 1 is 1.22 bits per heavy atom. The van der Waals surface area contributed by atoms with Crippen molar-refractivity contribution in [2.75, 3.05) is 18.0 Å². The quantitative estimate of drug-likeness (QED) is 0.577. The zero-order valence-corrected chi connectivity index (χ0v) is 16.9. The van der Waals surface area contributed by atoms with Crippen molar-refractivity contribution in [3.05, 3.63) is 45.8 Å². The third-order valence-electron chi connectivity index (χ3n) is 5.62. The molecule has 0 saturated carbocycles. The third kappa shape index (κ3) is 2.57. The average Bonchev–Trinajstić information content (AvgIpc) is 3.35. The highest BCUT2D eigenvalue weighted by Crippen LogP contribution is 2.34. The number of hydrogen-bond acceptors (Lipinski definition) is 4. The van der Waals surface area contributed by atoms with Crippen LogP contribution in [0.25, 0.3) is 16.6 Å². The number of carbonyl (C=O) groups is 1. The summed E-state index contributed by atoms with van der Waals surface area (Å²) in [6.45, 7) is 3.36. The van der Waals surface area contributed by atoms with Crippen LogP contribution in [0.1, 0.15) is 12.0 Å². The van der Waals surface area contributed by atoms with Crippen LogP contribution < -0.4 is 4.90 Å². The van der Waals surface area contributed by atoms with Gasteiger partial charge in [0.2, 0.25) is 0 Å². The van der Waals surface area contributed by atoms with Crippen molar-refractivity contribution in [2.24, 2.45) is 0 Å². The molecule has 2 aliphatic rings. The van der Waals surface area contributed by atoms with Crippen LogP contribution in [-0.4, -0.2) is 56.0 Å². The van der Waals surface area contributed by atoms with E-state index in [2.05, 4.69) is 57.6 Å². The van der Waals surface area contributed by atoms with Crippen molar-refractivity contribution < 1.29 is 9.90 Å². The van der Waals surface area contributed by atoms with E-state index in [4.69, 9.17) is 5.10 Å². The molecule has 4 heterocycles. The molecule has 0 unspecified atom stereocenters. The van der Waals surface area contributed by atoms with Crippen LogP contribution in [0, 0.1) is 10.6 Å². The molecule has 3 aromatic rings. The second kappa shape index (κ2) is 6.08. The van der Waals surface area contributed by atoms with Crippen molar-refractivity contribution in [1.29, 1.82) is 0 Å². The second-order valence-corrected chi connectivity index (χ2v) is 8.20. The first kappa shape index (κ1) is 16.8. The molecule has 2 saturated heterocycles. The molecule has 0 radical (unpaired) electrons. The molecule has 1 N–H and O–H groups in total. The third-order valence-corrected chi connectivity index (χ3v) is 6.41. The molecule has 0 spiro atoms. The molecule has 27 heavy (non-hydrogen) atoms. The molecule has 2 aromatic heterocycles. The van der Waals surface area contributed by atoms with Crippen LogP contribution in [0.3, 0.4) is 0 Å². The normalized spacial score (nSPS) is 21.4. The van der Waals surface area contributed by atoms with E-state index in [-0.39, 0.29) is 12.1 Å². The van der Waals surface area contributed by atoms with Gasteiger partial charge < -0.3 is 14.9 Å². The number of likely N-dealkylation sites (tertiary alicyclic amines) is 1. The minimum absolute atomic E-state index is 0.0771. The zero-order chi connectivity index (χ0) is 18.7. The van der Waals surface area contributed by atoms with Gasteiger partial charge in [-0.15, -0.1) is 0 Å². The Kier molecular flexibility index (Phi) is 3.78. The van der Waals surface area contributed by atoms with Gasteiger partial charge in [0.1, 0.15) is 9.52 Å². The lowest BCUT2D eigenvalue weighted by Gasteiger charge is -2.33. The van der Waals surface area contributed by atoms with E-state index in [0.717, 1.165) is 32.5 Å². The number of fused-ring (bicyclic) bond motifs is 3. The lowest BCUT2D eigenvalue weighted by atomic mass is 10.2. The van der Waals surface area contributed by atoms with Crippen LogP contribution in [-0.2, 0) is 0 Å². The number of halogens is 1. The number of aryl methyl sites for hydroxylation is 1. The van der Waals surface area contributed by atoms with Gasteiger partial charge >= 0.3 is 6.09 Å². The van der Waals surface area contributed by atoms with E-state index in [0.29, 0.717) is 13.1 Å². The highest BCUT2D eigenvalue weighted by Gasteiger charge is 2.45. The van der Waals surface area contributed by atoms with Gasteiger partial charge in [-0.1, -0.05) is 18.2 Å². The lowest BCUT2D eigenvalue weighted by molar-refractivity contribution is 0.137. The van der Waals surface area contributed by atoms with Gasteiger partial charge in [-0.2, -0.15) is 5.10 Å². The van der Waals surface area contributed by atoms with E-state index >= 15 is 0 Å². The molecular formula is C19H18IN5O2. The standard InChI is InChI=1S/C19H18IN5O2/c1-11-3-2-4-15-17(11)25(22-18(15)20)12-5-6-16(21-8-12)23-9-14-7-13(23)10-24(14)19(26)27/h2-6,8,13-14H,7,9-10H2,1H3,(H,26,27)/t13-,14-/m1/s1. The predicted octanol–water partition coefficient (Wildman–Crippen LogP) is 3.27. The Labute approximate surface area is 169 Å². The molecule has 1 aromatic carbocycles. The van der Waals surface area contributed by atoms with Gasteiger partial charge in [0.15, 0.2) is 0 Å². The minimum Gasteiger partial charge on any atom is -0.465 e. The van der Waals surface area contributed by atoms with Gasteiger partial charge in [-0.3, -0.25) is 0 Å². The number of anilines is 1. The van der Waals surface area contributed by atoms with E-state index in [1.54, 1.807) is 4.90 Å². The predicted molar refractivity (Wildman–Crippen MR) is 111 cm³/mol. The molecule has 2 aliphatic heterocycles. The smallest absolute Gasteiger partial charge is 0.407 e. The largest absolute Gasteiger partial charge is 0.465 e. The van der Waals surface area contributed by atoms with Crippen molar-refractivity contribution in [1.82, 2.24) is 19.7 Å². The Morgan fingerprint density at radius 3 is 2.74 bits per heavy atom. The molecule has 2 fully saturated rings. The molecule has 2 bridgehead atoms. The molecule has 138 valence electrons. The molecular weight excluding hydrogens is 457 g/mol. The van der Waals surface area contributed by atoms with Gasteiger partial charge in [-0.05, 0) is 53.6 Å². The van der Waals surface area contributed by atoms with Crippen LogP contribution in [0.4, 0.5) is 10.6 Å². The van der Waals surface area contributed by atoms with Crippen molar-refractivity contribution in [3.8, 4) is 5.69 Å². The number of rotatable bonds is 2. The first-order chi connectivity index (χ1) is 13.0. The summed E-state index contributed by atoms with van der Waals surface area (Å²) in [5.74, 6) is 0.902. The molecule has 1 amide bonds. The van der Waals surface area contributed by atoms with Crippen molar-refractivity contribution in [3.63, 3.8) is 0 Å². The lowest BCUT2D eigenvalue weighted by Crippen LogP contribution is -2.48. The van der Waals surface area contributed by atoms with Gasteiger partial charge in [0, 0.05) is 18.5 Å². The number of pyridine rings is 1. The number of benzene rings is 1. The Bertz CT molecular complexity index is 1050. The van der Waals surface area contributed by atoms with E-state index in [1.807, 2.05) is 23.0 Å². The zero-order valence-electron chi connectivity index (χ0n) is 14.7. The summed E-state index contributed by atoms with van der Waals surface area (Å²) < 4.78 is 2.92. The van der Waals surface area contributed by atoms with Crippen LogP contribution in [0.2, 0.25) is 0 Å². The van der Waals surface area contributed by atoms with Gasteiger partial charge in [0.25, 0.3) is 0 Å². The fourth-order valence-corrected chi connectivity index (χ4v) is 4.99. The van der Waals surface area contributed by atoms with Crippen molar-refractivity contribution in [2.45, 2.75) is 25.4 Å². The summed E-state index contributed by atoms with van der Waals surface area (Å²) in [5, 5.41) is 15.1. The Hall–Kier alpha value is -2.36. The molecule has 0 aliphatic carbocycles. The Balaban J connectivity index is 1.45. The summed E-state index contributed by atoms with van der Waals surface area (Å²) in [6.07, 6.45) is 1.92. The van der Waals surface area contributed by atoms with Crippen LogP contribution >= 0.6 is 22.6 Å². The molecule has 5 rings (SSSR count). The summed E-state index contributed by atoms with van der Waals surface area (Å²) in [4.78, 5) is 19.7. The van der Waals surface area contributed by atoms with Gasteiger partial charge in [-0.25, -0.2) is 14.5 Å². The number of para-hydroxylation sites is 1. The van der Waals surface area contributed by atoms with Gasteiger partial charge in [0.05, 0.1) is 29.5 Å². The fraction of sp³-hybridized carbons (Fsp3) is 0.316. The summed E-state index contributed by atoms with van der Waals surface area (Å²) in [5.41, 5.74) is 3.21. The summed E-state index contributed by atoms with van der Waals surface area (Å²) in [6, 6.07) is 10.6. The topological polar surface area (TPSA) is 74.5 Å². The maximum Gasteiger partial charge on any atom is 0.407 e. The van der Waals surface area contributed by atoms with Crippen LogP contribution in [0.5, 0.6) is 0 Å². The minimum atomic E-state index is -0.819. The van der Waals surface area contributed by atoms with Crippen LogP contribution in [0.15, 0.2) is 36.5 Å². The molecule has 2 atom stereocenters. The maximum atomic E-state index is 11.3.